The van der Waals surface area contributed by atoms with E-state index in [4.69, 9.17) is 5.11 Å². The number of aliphatic carboxylic acids is 1. The minimum atomic E-state index is -0.957. The molecule has 0 radical (unpaired) electrons. The number of nitrogens with one attached hydrogen (secondary N) is 1. The molecule has 118 valence electrons. The van der Waals surface area contributed by atoms with E-state index in [0.29, 0.717) is 11.1 Å². The number of aromatic nitrogens is 2. The molecule has 2 aromatic carbocycles. The average Bonchev–Trinajstić information content (AvgIpc) is 3.14. The smallest absolute Gasteiger partial charge is 0.310 e. The lowest BCUT2D eigenvalue weighted by molar-refractivity contribution is -0.138. The largest absolute Gasteiger partial charge is 0.481 e. The molecular formula is C18H17FN2O2. The van der Waals surface area contributed by atoms with Crippen molar-refractivity contribution in [2.24, 2.45) is 0 Å². The van der Waals surface area contributed by atoms with Crippen molar-refractivity contribution in [2.75, 3.05) is 0 Å². The molecule has 0 bridgehead atoms. The van der Waals surface area contributed by atoms with Crippen molar-refractivity contribution in [2.45, 2.75) is 12.8 Å². The average molecular weight is 312 g/mol. The number of nitrogens with zero attached hydrogens (tertiary/aromatic N) is 1. The van der Waals surface area contributed by atoms with E-state index in [1.165, 1.54) is 6.07 Å². The molecule has 23 heavy (non-hydrogen) atoms. The maximum absolute atomic E-state index is 14.0. The molecule has 1 unspecified atom stereocenters. The first-order valence-electron chi connectivity index (χ1n) is 7.10. The molecule has 3 rings (SSSR count). The monoisotopic (exact) mass is 312 g/mol. The molecule has 0 spiro atoms. The van der Waals surface area contributed by atoms with Crippen LogP contribution >= 0.6 is 0 Å². The van der Waals surface area contributed by atoms with Gasteiger partial charge in [-0.25, -0.2) is 9.37 Å². The predicted octanol–water partition coefficient (Wildman–Crippen LogP) is 4.09. The number of halogens is 1. The van der Waals surface area contributed by atoms with E-state index < -0.39 is 17.7 Å². The van der Waals surface area contributed by atoms with Crippen molar-refractivity contribution in [3.05, 3.63) is 78.6 Å². The first-order valence-corrected chi connectivity index (χ1v) is 7.10. The van der Waals surface area contributed by atoms with Gasteiger partial charge in [-0.15, -0.1) is 0 Å². The summed E-state index contributed by atoms with van der Waals surface area (Å²) < 4.78 is 14.0. The zero-order chi connectivity index (χ0) is 16.7. The standard InChI is InChI=1S/C15H13FO2.C3H4N2/c1-10(15(17)18)12-7-8-13(14(16)9-12)11-5-3-2-4-6-11;1-2-5-3-4-1/h2-10H,1H3,(H,17,18);1-3H,(H,4,5). The summed E-state index contributed by atoms with van der Waals surface area (Å²) in [6.45, 7) is 1.54. The third-order valence-electron chi connectivity index (χ3n) is 3.35. The van der Waals surface area contributed by atoms with Crippen LogP contribution < -0.4 is 0 Å². The van der Waals surface area contributed by atoms with Crippen molar-refractivity contribution in [1.29, 1.82) is 0 Å². The highest BCUT2D eigenvalue weighted by Crippen LogP contribution is 2.26. The Bertz CT molecular complexity index is 726. The minimum Gasteiger partial charge on any atom is -0.481 e. The molecule has 0 fully saturated rings. The van der Waals surface area contributed by atoms with E-state index in [0.717, 1.165) is 5.56 Å². The lowest BCUT2D eigenvalue weighted by Gasteiger charge is -2.09. The fraction of sp³-hybridized carbons (Fsp3) is 0.111. The van der Waals surface area contributed by atoms with Gasteiger partial charge in [-0.3, -0.25) is 4.79 Å². The number of aromatic amines is 1. The van der Waals surface area contributed by atoms with Gasteiger partial charge in [0.1, 0.15) is 5.82 Å². The first kappa shape index (κ1) is 16.4. The SMILES string of the molecule is CC(C(=O)O)c1ccc(-c2ccccc2)c(F)c1.c1c[nH]cn1. The first-order chi connectivity index (χ1) is 11.1. The van der Waals surface area contributed by atoms with E-state index in [9.17, 15) is 9.18 Å². The zero-order valence-electron chi connectivity index (χ0n) is 12.6. The Balaban J connectivity index is 0.000000326. The Hall–Kier alpha value is -2.95. The normalized spacial score (nSPS) is 11.2. The molecule has 0 aliphatic heterocycles. The van der Waals surface area contributed by atoms with Crippen LogP contribution in [0.15, 0.2) is 67.3 Å². The molecule has 0 saturated heterocycles. The second-order valence-electron chi connectivity index (χ2n) is 4.93. The molecule has 1 atom stereocenters. The number of rotatable bonds is 3. The van der Waals surface area contributed by atoms with Crippen LogP contribution in [0.3, 0.4) is 0 Å². The van der Waals surface area contributed by atoms with Crippen LogP contribution in [0.5, 0.6) is 0 Å². The maximum Gasteiger partial charge on any atom is 0.310 e. The second-order valence-corrected chi connectivity index (χ2v) is 4.93. The number of imidazole rings is 1. The Morgan fingerprint density at radius 3 is 2.43 bits per heavy atom. The summed E-state index contributed by atoms with van der Waals surface area (Å²) in [4.78, 5) is 17.3. The molecule has 0 aliphatic rings. The van der Waals surface area contributed by atoms with Crippen molar-refractivity contribution >= 4 is 5.97 Å². The van der Waals surface area contributed by atoms with Crippen molar-refractivity contribution in [1.82, 2.24) is 9.97 Å². The Morgan fingerprint density at radius 2 is 1.96 bits per heavy atom. The van der Waals surface area contributed by atoms with Gasteiger partial charge in [-0.2, -0.15) is 0 Å². The van der Waals surface area contributed by atoms with Crippen LogP contribution in [0.25, 0.3) is 11.1 Å². The highest BCUT2D eigenvalue weighted by Gasteiger charge is 2.15. The molecule has 2 N–H and O–H groups in total. The quantitative estimate of drug-likeness (QED) is 0.765. The maximum atomic E-state index is 14.0. The fourth-order valence-electron chi connectivity index (χ4n) is 2.01. The number of carbonyl (C=O) groups is 1. The number of hydrogen-bond donors (Lipinski definition) is 2. The summed E-state index contributed by atoms with van der Waals surface area (Å²) >= 11 is 0. The summed E-state index contributed by atoms with van der Waals surface area (Å²) in [5, 5.41) is 8.89. The van der Waals surface area contributed by atoms with Gasteiger partial charge in [-0.05, 0) is 24.1 Å². The third-order valence-corrected chi connectivity index (χ3v) is 3.35. The Kier molecular flexibility index (Phi) is 5.63. The molecule has 4 nitrogen and oxygen atoms in total. The van der Waals surface area contributed by atoms with Crippen molar-refractivity contribution < 1.29 is 14.3 Å². The van der Waals surface area contributed by atoms with Crippen LogP contribution in [-0.4, -0.2) is 21.0 Å². The molecular weight excluding hydrogens is 295 g/mol. The Morgan fingerprint density at radius 1 is 1.22 bits per heavy atom. The highest BCUT2D eigenvalue weighted by molar-refractivity contribution is 5.76. The van der Waals surface area contributed by atoms with Gasteiger partial charge in [0.15, 0.2) is 0 Å². The number of hydrogen-bond acceptors (Lipinski definition) is 2. The number of carboxylic acid groups (broad SMARTS) is 1. The molecule has 0 amide bonds. The van der Waals surface area contributed by atoms with Crippen LogP contribution in [0.1, 0.15) is 18.4 Å². The lowest BCUT2D eigenvalue weighted by atomic mass is 9.97. The topological polar surface area (TPSA) is 66.0 Å². The summed E-state index contributed by atoms with van der Waals surface area (Å²) in [5.74, 6) is -2.06. The second kappa shape index (κ2) is 7.89. The molecule has 3 aromatic rings. The van der Waals surface area contributed by atoms with E-state index in [1.807, 2.05) is 30.3 Å². The van der Waals surface area contributed by atoms with E-state index in [-0.39, 0.29) is 0 Å². The van der Waals surface area contributed by atoms with Crippen LogP contribution in [0.4, 0.5) is 4.39 Å². The number of benzene rings is 2. The van der Waals surface area contributed by atoms with Crippen molar-refractivity contribution in [3.63, 3.8) is 0 Å². The zero-order valence-corrected chi connectivity index (χ0v) is 12.6. The van der Waals surface area contributed by atoms with E-state index in [2.05, 4.69) is 9.97 Å². The van der Waals surface area contributed by atoms with Gasteiger partial charge in [0.2, 0.25) is 0 Å². The number of H-pyrrole nitrogens is 1. The van der Waals surface area contributed by atoms with Gasteiger partial charge < -0.3 is 10.1 Å². The van der Waals surface area contributed by atoms with Crippen LogP contribution in [0.2, 0.25) is 0 Å². The van der Waals surface area contributed by atoms with Gasteiger partial charge in [0, 0.05) is 18.0 Å². The number of carboxylic acids is 1. The third kappa shape index (κ3) is 4.51. The van der Waals surface area contributed by atoms with Gasteiger partial charge in [0.05, 0.1) is 12.2 Å². The summed E-state index contributed by atoms with van der Waals surface area (Å²) in [6.07, 6.45) is 5.08. The highest BCUT2D eigenvalue weighted by atomic mass is 19.1. The van der Waals surface area contributed by atoms with Crippen molar-refractivity contribution in [3.8, 4) is 11.1 Å². The summed E-state index contributed by atoms with van der Waals surface area (Å²) in [7, 11) is 0. The molecule has 0 saturated carbocycles. The van der Waals surface area contributed by atoms with E-state index >= 15 is 0 Å². The molecule has 5 heteroatoms. The van der Waals surface area contributed by atoms with E-state index in [1.54, 1.807) is 37.8 Å². The van der Waals surface area contributed by atoms with Gasteiger partial charge in [0.25, 0.3) is 0 Å². The summed E-state index contributed by atoms with van der Waals surface area (Å²) in [5.41, 5.74) is 1.74. The molecule has 1 heterocycles. The minimum absolute atomic E-state index is 0.396. The van der Waals surface area contributed by atoms with Crippen LogP contribution in [-0.2, 0) is 4.79 Å². The Labute approximate surface area is 133 Å². The lowest BCUT2D eigenvalue weighted by Crippen LogP contribution is -2.07. The van der Waals surface area contributed by atoms with Crippen LogP contribution in [0, 0.1) is 5.82 Å². The predicted molar refractivity (Wildman–Crippen MR) is 86.5 cm³/mol. The fourth-order valence-corrected chi connectivity index (χ4v) is 2.01. The molecule has 1 aromatic heterocycles. The summed E-state index contributed by atoms with van der Waals surface area (Å²) in [6, 6.07) is 13.7. The van der Waals surface area contributed by atoms with Gasteiger partial charge >= 0.3 is 5.97 Å². The molecule has 0 aliphatic carbocycles. The van der Waals surface area contributed by atoms with Gasteiger partial charge in [-0.1, -0.05) is 42.5 Å².